The molecule has 2 aliphatic heterocycles. The molecule has 2 aliphatic rings. The molecule has 1 unspecified atom stereocenters. The van der Waals surface area contributed by atoms with E-state index in [0.29, 0.717) is 6.04 Å². The molecule has 1 fully saturated rings. The summed E-state index contributed by atoms with van der Waals surface area (Å²) in [6, 6.07) is 7.08. The van der Waals surface area contributed by atoms with Crippen molar-refractivity contribution in [3.63, 3.8) is 0 Å². The van der Waals surface area contributed by atoms with Crippen molar-refractivity contribution in [1.29, 1.82) is 0 Å². The lowest BCUT2D eigenvalue weighted by Gasteiger charge is -2.38. The molecule has 1 atom stereocenters. The Kier molecular flexibility index (Phi) is 4.67. The van der Waals surface area contributed by atoms with Gasteiger partial charge in [0.1, 0.15) is 5.75 Å². The van der Waals surface area contributed by atoms with Crippen molar-refractivity contribution in [2.24, 2.45) is 7.05 Å². The maximum Gasteiger partial charge on any atom is 0.225 e. The topological polar surface area (TPSA) is 59.3 Å². The normalized spacial score (nSPS) is 17.8. The summed E-state index contributed by atoms with van der Waals surface area (Å²) in [6.07, 6.45) is 8.62. The summed E-state index contributed by atoms with van der Waals surface area (Å²) in [5.41, 5.74) is 4.69. The monoisotopic (exact) mass is 390 g/mol. The van der Waals surface area contributed by atoms with Gasteiger partial charge in [-0.05, 0) is 24.1 Å². The second-order valence-electron chi connectivity index (χ2n) is 7.84. The quantitative estimate of drug-likeness (QED) is 0.683. The smallest absolute Gasteiger partial charge is 0.225 e. The lowest BCUT2D eigenvalue weighted by Crippen LogP contribution is -2.47. The maximum absolute atomic E-state index is 5.75. The number of aryl methyl sites for hydroxylation is 1. The summed E-state index contributed by atoms with van der Waals surface area (Å²) in [7, 11) is 1.91. The van der Waals surface area contributed by atoms with Gasteiger partial charge in [0.15, 0.2) is 0 Å². The summed E-state index contributed by atoms with van der Waals surface area (Å²) in [4.78, 5) is 14.0. The van der Waals surface area contributed by atoms with Gasteiger partial charge in [-0.25, -0.2) is 9.97 Å². The number of piperazine rings is 1. The highest BCUT2D eigenvalue weighted by Crippen LogP contribution is 2.31. The Hall–Kier alpha value is -2.93. The van der Waals surface area contributed by atoms with Crippen LogP contribution in [0.25, 0.3) is 11.1 Å². The van der Waals surface area contributed by atoms with Crippen LogP contribution in [0.4, 0.5) is 5.95 Å². The van der Waals surface area contributed by atoms with E-state index < -0.39 is 0 Å². The van der Waals surface area contributed by atoms with E-state index in [0.717, 1.165) is 62.0 Å². The van der Waals surface area contributed by atoms with Gasteiger partial charge >= 0.3 is 0 Å². The molecule has 2 aromatic heterocycles. The molecule has 1 aromatic carbocycles. The molecule has 0 bridgehead atoms. The van der Waals surface area contributed by atoms with Gasteiger partial charge in [0.25, 0.3) is 0 Å². The van der Waals surface area contributed by atoms with E-state index in [-0.39, 0.29) is 0 Å². The second kappa shape index (κ2) is 7.48. The Morgan fingerprint density at radius 2 is 1.79 bits per heavy atom. The standard InChI is InChI=1S/C22H26N6O/c1-16(18-4-3-17-5-10-29-21(17)11-18)27-6-8-28(9-7-27)22-23-12-19(13-24-22)20-14-25-26(2)15-20/h3-4,11-16H,5-10H2,1-2H3. The van der Waals surface area contributed by atoms with Crippen LogP contribution in [0, 0.1) is 0 Å². The average Bonchev–Trinajstić information content (AvgIpc) is 3.42. The maximum atomic E-state index is 5.75. The molecule has 0 amide bonds. The molecule has 4 heterocycles. The molecule has 7 heteroatoms. The molecular weight excluding hydrogens is 364 g/mol. The molecule has 0 spiro atoms. The Morgan fingerprint density at radius 3 is 2.52 bits per heavy atom. The lowest BCUT2D eigenvalue weighted by molar-refractivity contribution is 0.197. The summed E-state index contributed by atoms with van der Waals surface area (Å²) >= 11 is 0. The molecule has 3 aromatic rings. The average molecular weight is 390 g/mol. The fraction of sp³-hybridized carbons (Fsp3) is 0.409. The molecule has 0 aliphatic carbocycles. The first-order chi connectivity index (χ1) is 14.2. The van der Waals surface area contributed by atoms with Gasteiger partial charge in [-0.1, -0.05) is 12.1 Å². The molecular formula is C22H26N6O. The number of hydrogen-bond acceptors (Lipinski definition) is 6. The third-order valence-electron chi connectivity index (χ3n) is 6.02. The Balaban J connectivity index is 1.22. The number of aromatic nitrogens is 4. The molecule has 0 saturated carbocycles. The molecule has 0 radical (unpaired) electrons. The highest BCUT2D eigenvalue weighted by molar-refractivity contribution is 5.60. The van der Waals surface area contributed by atoms with E-state index in [9.17, 15) is 0 Å². The SMILES string of the molecule is CC(c1ccc2c(c1)OCC2)N1CCN(c2ncc(-c3cnn(C)c3)cn2)CC1. The van der Waals surface area contributed by atoms with Crippen molar-refractivity contribution in [2.45, 2.75) is 19.4 Å². The minimum atomic E-state index is 0.375. The van der Waals surface area contributed by atoms with Crippen molar-refractivity contribution in [3.05, 3.63) is 54.1 Å². The lowest BCUT2D eigenvalue weighted by atomic mass is 10.0. The predicted octanol–water partition coefficient (Wildman–Crippen LogP) is 2.70. The van der Waals surface area contributed by atoms with Gasteiger partial charge in [-0.15, -0.1) is 0 Å². The fourth-order valence-corrected chi connectivity index (χ4v) is 4.17. The summed E-state index contributed by atoms with van der Waals surface area (Å²) in [5.74, 6) is 1.87. The van der Waals surface area contributed by atoms with Crippen molar-refractivity contribution >= 4 is 5.95 Å². The first kappa shape index (κ1) is 18.1. The van der Waals surface area contributed by atoms with Gasteiger partial charge < -0.3 is 9.64 Å². The van der Waals surface area contributed by atoms with Crippen LogP contribution < -0.4 is 9.64 Å². The van der Waals surface area contributed by atoms with E-state index in [1.807, 2.05) is 31.8 Å². The molecule has 7 nitrogen and oxygen atoms in total. The number of benzene rings is 1. The van der Waals surface area contributed by atoms with Crippen molar-refractivity contribution < 1.29 is 4.74 Å². The predicted molar refractivity (Wildman–Crippen MR) is 112 cm³/mol. The van der Waals surface area contributed by atoms with Crippen molar-refractivity contribution in [2.75, 3.05) is 37.7 Å². The number of nitrogens with zero attached hydrogens (tertiary/aromatic N) is 6. The number of anilines is 1. The van der Waals surface area contributed by atoms with Crippen LogP contribution in [0.15, 0.2) is 43.0 Å². The van der Waals surface area contributed by atoms with Crippen molar-refractivity contribution in [3.8, 4) is 16.9 Å². The Labute approximate surface area is 170 Å². The Bertz CT molecular complexity index is 991. The largest absolute Gasteiger partial charge is 0.493 e. The Morgan fingerprint density at radius 1 is 1.00 bits per heavy atom. The van der Waals surface area contributed by atoms with E-state index in [1.54, 1.807) is 4.68 Å². The van der Waals surface area contributed by atoms with Crippen LogP contribution in [0.5, 0.6) is 5.75 Å². The van der Waals surface area contributed by atoms with E-state index in [4.69, 9.17) is 4.74 Å². The van der Waals surface area contributed by atoms with Crippen molar-refractivity contribution in [1.82, 2.24) is 24.6 Å². The van der Waals surface area contributed by atoms with E-state index >= 15 is 0 Å². The zero-order valence-corrected chi connectivity index (χ0v) is 17.0. The van der Waals surface area contributed by atoms with Gasteiger partial charge in [0, 0.05) is 75.4 Å². The number of ether oxygens (including phenoxy) is 1. The van der Waals surface area contributed by atoms with Crippen LogP contribution in [0.1, 0.15) is 24.1 Å². The number of hydrogen-bond donors (Lipinski definition) is 0. The molecule has 5 rings (SSSR count). The third-order valence-corrected chi connectivity index (χ3v) is 6.02. The van der Waals surface area contributed by atoms with Crippen LogP contribution in [0.2, 0.25) is 0 Å². The number of rotatable bonds is 4. The van der Waals surface area contributed by atoms with Crippen LogP contribution in [0.3, 0.4) is 0 Å². The fourth-order valence-electron chi connectivity index (χ4n) is 4.17. The van der Waals surface area contributed by atoms with Crippen LogP contribution in [-0.4, -0.2) is 57.4 Å². The third kappa shape index (κ3) is 3.58. The highest BCUT2D eigenvalue weighted by atomic mass is 16.5. The van der Waals surface area contributed by atoms with Gasteiger partial charge in [0.05, 0.1) is 12.8 Å². The molecule has 150 valence electrons. The summed E-state index contributed by atoms with van der Waals surface area (Å²) in [5, 5.41) is 4.21. The van der Waals surface area contributed by atoms with Gasteiger partial charge in [-0.3, -0.25) is 9.58 Å². The second-order valence-corrected chi connectivity index (χ2v) is 7.84. The summed E-state index contributed by atoms with van der Waals surface area (Å²) in [6.45, 7) is 6.94. The van der Waals surface area contributed by atoms with E-state index in [1.165, 1.54) is 11.1 Å². The van der Waals surface area contributed by atoms with Crippen LogP contribution in [-0.2, 0) is 13.5 Å². The number of fused-ring (bicyclic) bond motifs is 1. The van der Waals surface area contributed by atoms with Gasteiger partial charge in [0.2, 0.25) is 5.95 Å². The molecule has 29 heavy (non-hydrogen) atoms. The molecule has 0 N–H and O–H groups in total. The van der Waals surface area contributed by atoms with Crippen LogP contribution >= 0.6 is 0 Å². The zero-order valence-electron chi connectivity index (χ0n) is 17.0. The van der Waals surface area contributed by atoms with Gasteiger partial charge in [-0.2, -0.15) is 5.10 Å². The van der Waals surface area contributed by atoms with E-state index in [2.05, 4.69) is 50.0 Å². The highest BCUT2D eigenvalue weighted by Gasteiger charge is 2.24. The minimum Gasteiger partial charge on any atom is -0.493 e. The zero-order chi connectivity index (χ0) is 19.8. The first-order valence-corrected chi connectivity index (χ1v) is 10.2. The molecule has 1 saturated heterocycles. The minimum absolute atomic E-state index is 0.375. The summed E-state index contributed by atoms with van der Waals surface area (Å²) < 4.78 is 7.53. The first-order valence-electron chi connectivity index (χ1n) is 10.2.